The summed E-state index contributed by atoms with van der Waals surface area (Å²) in [6.07, 6.45) is 4.79. The second kappa shape index (κ2) is 7.58. The van der Waals surface area contributed by atoms with Crippen LogP contribution < -0.4 is 16.0 Å². The van der Waals surface area contributed by atoms with Crippen molar-refractivity contribution in [2.45, 2.75) is 31.6 Å². The highest BCUT2D eigenvalue weighted by atomic mass is 35.5. The maximum atomic E-state index is 12.8. The van der Waals surface area contributed by atoms with Crippen LogP contribution in [0.5, 0.6) is 0 Å². The number of carbonyl (C=O) groups excluding carboxylic acids is 1. The number of nitrogens with zero attached hydrogens (tertiary/aromatic N) is 8. The molecule has 2 aliphatic carbocycles. The van der Waals surface area contributed by atoms with Gasteiger partial charge in [0, 0.05) is 47.4 Å². The van der Waals surface area contributed by atoms with E-state index in [4.69, 9.17) is 22.3 Å². The van der Waals surface area contributed by atoms with E-state index in [0.717, 1.165) is 34.9 Å². The van der Waals surface area contributed by atoms with Gasteiger partial charge in [0.15, 0.2) is 0 Å². The molecule has 12 heteroatoms. The molecule has 2 bridgehead atoms. The van der Waals surface area contributed by atoms with Crippen LogP contribution >= 0.6 is 11.6 Å². The molecule has 2 saturated carbocycles. The van der Waals surface area contributed by atoms with Crippen molar-refractivity contribution in [2.75, 3.05) is 11.4 Å². The number of hydrogen-bond acceptors (Lipinski definition) is 8. The lowest BCUT2D eigenvalue weighted by molar-refractivity contribution is 0.0951. The Morgan fingerprint density at radius 2 is 2.14 bits per heavy atom. The highest BCUT2D eigenvalue weighted by Crippen LogP contribution is 2.77. The van der Waals surface area contributed by atoms with Gasteiger partial charge < -0.3 is 16.0 Å². The number of fused-ring (bicyclic) bond motifs is 1. The Hall–Kier alpha value is -3.83. The molecular weight excluding hydrogens is 480 g/mol. The van der Waals surface area contributed by atoms with Gasteiger partial charge in [-0.2, -0.15) is 5.10 Å². The first-order valence-corrected chi connectivity index (χ1v) is 12.2. The van der Waals surface area contributed by atoms with Crippen LogP contribution in [0.3, 0.4) is 0 Å². The molecule has 4 aliphatic rings. The Balaban J connectivity index is 1.01. The number of carbonyl (C=O) groups is 1. The summed E-state index contributed by atoms with van der Waals surface area (Å²) in [6.45, 7) is 3.81. The van der Waals surface area contributed by atoms with E-state index < -0.39 is 0 Å². The summed E-state index contributed by atoms with van der Waals surface area (Å²) in [4.78, 5) is 20.0. The van der Waals surface area contributed by atoms with Gasteiger partial charge in [0.1, 0.15) is 12.1 Å². The standard InChI is InChI=1S/C24H23ClN10O/c1-13-14(2-5-20(30-13)34-11-18-21-22(34)24(18,21)26)9-33-10-16(8-29-33)23(36)27-7-15-6-17(25)3-4-19(15)35-12-28-31-32-35/h2-6,8,10,12,18,21-22H,7,9,11,26H2,1H3,(H,27,36)/t18-,21-,22?,24-/m0/s1. The minimum atomic E-state index is -0.236. The lowest BCUT2D eigenvalue weighted by atomic mass is 10.1. The maximum Gasteiger partial charge on any atom is 0.254 e. The number of halogens is 1. The Kier molecular flexibility index (Phi) is 4.52. The summed E-state index contributed by atoms with van der Waals surface area (Å²) in [6, 6.07) is 9.97. The van der Waals surface area contributed by atoms with Crippen molar-refractivity contribution in [2.24, 2.45) is 17.6 Å². The zero-order chi connectivity index (χ0) is 24.6. The van der Waals surface area contributed by atoms with Crippen LogP contribution in [0.15, 0.2) is 49.1 Å². The fraction of sp³-hybridized carbons (Fsp3) is 0.333. The number of hydrogen-bond donors (Lipinski definition) is 2. The zero-order valence-electron chi connectivity index (χ0n) is 19.4. The Bertz CT molecular complexity index is 1490. The molecule has 4 aromatic rings. The van der Waals surface area contributed by atoms with Crippen molar-refractivity contribution >= 4 is 23.3 Å². The van der Waals surface area contributed by atoms with Crippen molar-refractivity contribution in [3.05, 3.63) is 76.5 Å². The average molecular weight is 503 g/mol. The van der Waals surface area contributed by atoms with Gasteiger partial charge in [0.05, 0.1) is 30.0 Å². The molecule has 2 aliphatic heterocycles. The number of rotatable bonds is 7. The Morgan fingerprint density at radius 1 is 1.28 bits per heavy atom. The maximum absolute atomic E-state index is 12.8. The van der Waals surface area contributed by atoms with Gasteiger partial charge in [0.2, 0.25) is 0 Å². The summed E-state index contributed by atoms with van der Waals surface area (Å²) in [5.74, 6) is 2.10. The van der Waals surface area contributed by atoms with E-state index in [1.807, 2.05) is 13.0 Å². The third kappa shape index (κ3) is 3.23. The third-order valence-electron chi connectivity index (χ3n) is 7.80. The van der Waals surface area contributed by atoms with E-state index in [9.17, 15) is 4.79 Å². The summed E-state index contributed by atoms with van der Waals surface area (Å²) in [5, 5.41) is 19.1. The SMILES string of the molecule is Cc1nc(N2C[C@H]3[C@H]4C2[C@@]43N)ccc1Cn1cc(C(=O)NCc2cc(Cl)ccc2-n2cnnn2)cn1. The number of nitrogens with one attached hydrogen (secondary N) is 1. The minimum Gasteiger partial charge on any atom is -0.351 e. The first-order chi connectivity index (χ1) is 17.4. The zero-order valence-corrected chi connectivity index (χ0v) is 20.2. The number of piperidine rings is 1. The van der Waals surface area contributed by atoms with Crippen LogP contribution in [0.25, 0.3) is 5.69 Å². The van der Waals surface area contributed by atoms with E-state index in [-0.39, 0.29) is 18.0 Å². The first kappa shape index (κ1) is 21.5. The third-order valence-corrected chi connectivity index (χ3v) is 8.03. The molecule has 3 aromatic heterocycles. The molecule has 36 heavy (non-hydrogen) atoms. The highest BCUT2D eigenvalue weighted by molar-refractivity contribution is 6.30. The molecule has 4 fully saturated rings. The molecule has 3 N–H and O–H groups in total. The highest BCUT2D eigenvalue weighted by Gasteiger charge is 2.91. The number of pyridine rings is 1. The summed E-state index contributed by atoms with van der Waals surface area (Å²) >= 11 is 6.17. The van der Waals surface area contributed by atoms with Crippen LogP contribution in [0, 0.1) is 18.8 Å². The lowest BCUT2D eigenvalue weighted by Crippen LogP contribution is -2.28. The van der Waals surface area contributed by atoms with Crippen molar-refractivity contribution in [3.63, 3.8) is 0 Å². The Morgan fingerprint density at radius 3 is 2.86 bits per heavy atom. The molecule has 1 aromatic carbocycles. The molecule has 5 heterocycles. The van der Waals surface area contributed by atoms with Gasteiger partial charge in [-0.3, -0.25) is 9.48 Å². The number of tetrazole rings is 1. The van der Waals surface area contributed by atoms with Crippen molar-refractivity contribution in [3.8, 4) is 5.69 Å². The molecule has 1 amide bonds. The number of amides is 1. The molecule has 182 valence electrons. The van der Waals surface area contributed by atoms with Gasteiger partial charge >= 0.3 is 0 Å². The molecule has 4 atom stereocenters. The lowest BCUT2D eigenvalue weighted by Gasteiger charge is -2.18. The Labute approximate surface area is 211 Å². The van der Waals surface area contributed by atoms with Crippen LogP contribution in [0.4, 0.5) is 5.82 Å². The van der Waals surface area contributed by atoms with Gasteiger partial charge in [-0.1, -0.05) is 17.7 Å². The second-order valence-electron chi connectivity index (χ2n) is 9.78. The van der Waals surface area contributed by atoms with Crippen LogP contribution in [0.1, 0.15) is 27.2 Å². The topological polar surface area (TPSA) is 133 Å². The summed E-state index contributed by atoms with van der Waals surface area (Å²) in [7, 11) is 0. The predicted molar refractivity (Wildman–Crippen MR) is 131 cm³/mol. The molecule has 0 radical (unpaired) electrons. The fourth-order valence-electron chi connectivity index (χ4n) is 5.70. The molecule has 2 saturated heterocycles. The van der Waals surface area contributed by atoms with E-state index in [0.29, 0.717) is 35.0 Å². The van der Waals surface area contributed by atoms with Gasteiger partial charge in [-0.25, -0.2) is 9.67 Å². The minimum absolute atomic E-state index is 0.0716. The van der Waals surface area contributed by atoms with Crippen LogP contribution in [-0.2, 0) is 13.1 Å². The quantitative estimate of drug-likeness (QED) is 0.387. The monoisotopic (exact) mass is 502 g/mol. The van der Waals surface area contributed by atoms with E-state index in [1.165, 1.54) is 11.0 Å². The molecule has 0 spiro atoms. The number of aromatic nitrogens is 7. The second-order valence-corrected chi connectivity index (χ2v) is 10.2. The van der Waals surface area contributed by atoms with E-state index >= 15 is 0 Å². The van der Waals surface area contributed by atoms with Gasteiger partial charge in [-0.05, 0) is 52.7 Å². The average Bonchev–Trinajstić information content (AvgIpc) is 3.39. The number of anilines is 1. The fourth-order valence-corrected chi connectivity index (χ4v) is 5.90. The predicted octanol–water partition coefficient (Wildman–Crippen LogP) is 1.34. The summed E-state index contributed by atoms with van der Waals surface area (Å²) < 4.78 is 3.27. The first-order valence-electron chi connectivity index (χ1n) is 11.8. The smallest absolute Gasteiger partial charge is 0.254 e. The largest absolute Gasteiger partial charge is 0.351 e. The molecule has 1 unspecified atom stereocenters. The summed E-state index contributed by atoms with van der Waals surface area (Å²) in [5.41, 5.74) is 10.4. The van der Waals surface area contributed by atoms with Crippen LogP contribution in [0.2, 0.25) is 5.02 Å². The van der Waals surface area contributed by atoms with Gasteiger partial charge in [0.25, 0.3) is 5.91 Å². The van der Waals surface area contributed by atoms with Gasteiger partial charge in [-0.15, -0.1) is 5.10 Å². The van der Waals surface area contributed by atoms with Crippen molar-refractivity contribution in [1.29, 1.82) is 0 Å². The number of aryl methyl sites for hydroxylation is 1. The molecule has 8 rings (SSSR count). The van der Waals surface area contributed by atoms with Crippen LogP contribution in [-0.4, -0.2) is 59.0 Å². The number of benzene rings is 1. The number of nitrogens with two attached hydrogens (primary N) is 1. The van der Waals surface area contributed by atoms with Crippen molar-refractivity contribution < 1.29 is 4.79 Å². The molecular formula is C24H23ClN10O. The van der Waals surface area contributed by atoms with Crippen molar-refractivity contribution in [1.82, 2.24) is 40.3 Å². The van der Waals surface area contributed by atoms with E-state index in [2.05, 4.69) is 43.0 Å². The van der Waals surface area contributed by atoms with E-state index in [1.54, 1.807) is 29.2 Å². The normalized spacial score (nSPS) is 25.1. The molecule has 11 nitrogen and oxygen atoms in total.